The van der Waals surface area contributed by atoms with E-state index < -0.39 is 0 Å². The zero-order chi connectivity index (χ0) is 12.5. The third kappa shape index (κ3) is 6.12. The van der Waals surface area contributed by atoms with Gasteiger partial charge < -0.3 is 14.5 Å². The standard InChI is InChI=1S/C13H21NO3/c1-11(7-8-12-5-4-10-17-12)14-9-3-6-13(15)16-2/h4-5,10-11,14H,3,6-9H2,1-2H3. The number of furan rings is 1. The van der Waals surface area contributed by atoms with Crippen molar-refractivity contribution >= 4 is 5.97 Å². The number of esters is 1. The number of methoxy groups -OCH3 is 1. The molecule has 0 saturated carbocycles. The lowest BCUT2D eigenvalue weighted by Crippen LogP contribution is -2.27. The van der Waals surface area contributed by atoms with Crippen LogP contribution in [0.4, 0.5) is 0 Å². The van der Waals surface area contributed by atoms with Crippen molar-refractivity contribution in [1.29, 1.82) is 0 Å². The van der Waals surface area contributed by atoms with Crippen LogP contribution in [0.25, 0.3) is 0 Å². The Labute approximate surface area is 102 Å². The molecule has 4 nitrogen and oxygen atoms in total. The molecule has 0 radical (unpaired) electrons. The number of aryl methyl sites for hydroxylation is 1. The molecule has 0 aliphatic carbocycles. The maximum absolute atomic E-state index is 10.9. The van der Waals surface area contributed by atoms with Crippen molar-refractivity contribution in [2.75, 3.05) is 13.7 Å². The Morgan fingerprint density at radius 3 is 3.06 bits per heavy atom. The second-order valence-electron chi connectivity index (χ2n) is 4.15. The molecule has 0 fully saturated rings. The highest BCUT2D eigenvalue weighted by Crippen LogP contribution is 2.05. The zero-order valence-electron chi connectivity index (χ0n) is 10.6. The van der Waals surface area contributed by atoms with E-state index in [1.165, 1.54) is 7.11 Å². The molecule has 0 spiro atoms. The number of rotatable bonds is 8. The summed E-state index contributed by atoms with van der Waals surface area (Å²) >= 11 is 0. The molecule has 1 atom stereocenters. The second kappa shape index (κ2) is 7.90. The lowest BCUT2D eigenvalue weighted by molar-refractivity contribution is -0.140. The lowest BCUT2D eigenvalue weighted by Gasteiger charge is -2.12. The fourth-order valence-electron chi connectivity index (χ4n) is 1.60. The third-order valence-electron chi connectivity index (χ3n) is 2.68. The first-order valence-corrected chi connectivity index (χ1v) is 6.05. The molecule has 1 heterocycles. The topological polar surface area (TPSA) is 51.5 Å². The fourth-order valence-corrected chi connectivity index (χ4v) is 1.60. The van der Waals surface area contributed by atoms with Crippen LogP contribution < -0.4 is 5.32 Å². The summed E-state index contributed by atoms with van der Waals surface area (Å²) in [4.78, 5) is 10.9. The van der Waals surface area contributed by atoms with Gasteiger partial charge in [-0.2, -0.15) is 0 Å². The van der Waals surface area contributed by atoms with Crippen molar-refractivity contribution in [3.8, 4) is 0 Å². The van der Waals surface area contributed by atoms with Gasteiger partial charge >= 0.3 is 5.97 Å². The minimum absolute atomic E-state index is 0.143. The average molecular weight is 239 g/mol. The first-order chi connectivity index (χ1) is 8.22. The predicted molar refractivity (Wildman–Crippen MR) is 65.7 cm³/mol. The van der Waals surface area contributed by atoms with Crippen molar-refractivity contribution in [1.82, 2.24) is 5.32 Å². The first kappa shape index (κ1) is 13.8. The maximum atomic E-state index is 10.9. The van der Waals surface area contributed by atoms with Crippen molar-refractivity contribution < 1.29 is 13.9 Å². The molecule has 0 amide bonds. The van der Waals surface area contributed by atoms with Gasteiger partial charge in [-0.3, -0.25) is 4.79 Å². The van der Waals surface area contributed by atoms with Crippen molar-refractivity contribution in [3.05, 3.63) is 24.2 Å². The van der Waals surface area contributed by atoms with Crippen LogP contribution in [0, 0.1) is 0 Å². The van der Waals surface area contributed by atoms with Gasteiger partial charge in [-0.15, -0.1) is 0 Å². The van der Waals surface area contributed by atoms with E-state index in [-0.39, 0.29) is 5.97 Å². The molecule has 0 saturated heterocycles. The summed E-state index contributed by atoms with van der Waals surface area (Å²) in [5.74, 6) is 0.878. The minimum atomic E-state index is -0.143. The van der Waals surface area contributed by atoms with Crippen LogP contribution in [-0.2, 0) is 16.0 Å². The van der Waals surface area contributed by atoms with E-state index in [9.17, 15) is 4.79 Å². The van der Waals surface area contributed by atoms with Crippen LogP contribution in [0.2, 0.25) is 0 Å². The number of nitrogens with one attached hydrogen (secondary N) is 1. The molecule has 0 bridgehead atoms. The van der Waals surface area contributed by atoms with Gasteiger partial charge in [0.1, 0.15) is 5.76 Å². The maximum Gasteiger partial charge on any atom is 0.305 e. The Bertz CT molecular complexity index is 308. The van der Waals surface area contributed by atoms with Gasteiger partial charge in [-0.05, 0) is 38.4 Å². The van der Waals surface area contributed by atoms with E-state index in [0.717, 1.165) is 31.6 Å². The van der Waals surface area contributed by atoms with E-state index in [0.29, 0.717) is 12.5 Å². The Balaban J connectivity index is 2.01. The quantitative estimate of drug-likeness (QED) is 0.558. The summed E-state index contributed by atoms with van der Waals surface area (Å²) in [6, 6.07) is 4.33. The van der Waals surface area contributed by atoms with E-state index in [1.54, 1.807) is 6.26 Å². The highest BCUT2D eigenvalue weighted by molar-refractivity contribution is 5.69. The fraction of sp³-hybridized carbons (Fsp3) is 0.615. The Morgan fingerprint density at radius 2 is 2.41 bits per heavy atom. The van der Waals surface area contributed by atoms with Crippen LogP contribution in [0.1, 0.15) is 31.9 Å². The lowest BCUT2D eigenvalue weighted by atomic mass is 10.1. The highest BCUT2D eigenvalue weighted by atomic mass is 16.5. The van der Waals surface area contributed by atoms with Crippen molar-refractivity contribution in [3.63, 3.8) is 0 Å². The smallest absolute Gasteiger partial charge is 0.305 e. The molecule has 4 heteroatoms. The SMILES string of the molecule is COC(=O)CCCNC(C)CCc1ccco1. The predicted octanol–water partition coefficient (Wildman–Crippen LogP) is 2.14. The molecule has 0 aliphatic heterocycles. The molecular weight excluding hydrogens is 218 g/mol. The summed E-state index contributed by atoms with van der Waals surface area (Å²) < 4.78 is 9.84. The van der Waals surface area contributed by atoms with E-state index in [2.05, 4.69) is 17.0 Å². The van der Waals surface area contributed by atoms with Gasteiger partial charge in [0.05, 0.1) is 13.4 Å². The summed E-state index contributed by atoms with van der Waals surface area (Å²) in [6.45, 7) is 2.98. The number of hydrogen-bond donors (Lipinski definition) is 1. The molecule has 17 heavy (non-hydrogen) atoms. The molecule has 1 aromatic heterocycles. The summed E-state index contributed by atoms with van der Waals surface area (Å²) in [5, 5.41) is 3.38. The monoisotopic (exact) mass is 239 g/mol. The largest absolute Gasteiger partial charge is 0.469 e. The second-order valence-corrected chi connectivity index (χ2v) is 4.15. The van der Waals surface area contributed by atoms with Crippen LogP contribution >= 0.6 is 0 Å². The molecular formula is C13H21NO3. The Morgan fingerprint density at radius 1 is 1.59 bits per heavy atom. The van der Waals surface area contributed by atoms with Gasteiger partial charge in [-0.1, -0.05) is 0 Å². The van der Waals surface area contributed by atoms with Gasteiger partial charge in [0.2, 0.25) is 0 Å². The number of ether oxygens (including phenoxy) is 1. The van der Waals surface area contributed by atoms with E-state index in [1.807, 2.05) is 12.1 Å². The molecule has 1 aromatic rings. The number of carbonyl (C=O) groups excluding carboxylic acids is 1. The van der Waals surface area contributed by atoms with Gasteiger partial charge in [-0.25, -0.2) is 0 Å². The first-order valence-electron chi connectivity index (χ1n) is 6.05. The Hall–Kier alpha value is -1.29. The molecule has 96 valence electrons. The summed E-state index contributed by atoms with van der Waals surface area (Å²) in [5.41, 5.74) is 0. The number of hydrogen-bond acceptors (Lipinski definition) is 4. The van der Waals surface area contributed by atoms with E-state index in [4.69, 9.17) is 4.42 Å². The van der Waals surface area contributed by atoms with Crippen LogP contribution in [0.15, 0.2) is 22.8 Å². The van der Waals surface area contributed by atoms with Gasteiger partial charge in [0, 0.05) is 18.9 Å². The molecule has 1 N–H and O–H groups in total. The van der Waals surface area contributed by atoms with Crippen LogP contribution in [0.3, 0.4) is 0 Å². The van der Waals surface area contributed by atoms with Crippen LogP contribution in [-0.4, -0.2) is 25.7 Å². The van der Waals surface area contributed by atoms with Crippen LogP contribution in [0.5, 0.6) is 0 Å². The number of carbonyl (C=O) groups is 1. The van der Waals surface area contributed by atoms with E-state index >= 15 is 0 Å². The van der Waals surface area contributed by atoms with Gasteiger partial charge in [0.15, 0.2) is 0 Å². The Kier molecular flexibility index (Phi) is 6.40. The molecule has 0 aromatic carbocycles. The molecule has 0 aliphatic rings. The molecule has 1 rings (SSSR count). The minimum Gasteiger partial charge on any atom is -0.469 e. The normalized spacial score (nSPS) is 12.4. The third-order valence-corrected chi connectivity index (χ3v) is 2.68. The zero-order valence-corrected chi connectivity index (χ0v) is 10.6. The average Bonchev–Trinajstić information content (AvgIpc) is 2.84. The summed E-state index contributed by atoms with van der Waals surface area (Å²) in [7, 11) is 1.42. The van der Waals surface area contributed by atoms with Crippen molar-refractivity contribution in [2.24, 2.45) is 0 Å². The van der Waals surface area contributed by atoms with Gasteiger partial charge in [0.25, 0.3) is 0 Å². The van der Waals surface area contributed by atoms with Crippen molar-refractivity contribution in [2.45, 2.75) is 38.6 Å². The highest BCUT2D eigenvalue weighted by Gasteiger charge is 2.04. The molecule has 1 unspecified atom stereocenters. The summed E-state index contributed by atoms with van der Waals surface area (Å²) in [6.07, 6.45) is 4.97.